The number of tetrazole rings is 1. The van der Waals surface area contributed by atoms with Gasteiger partial charge in [-0.3, -0.25) is 4.79 Å². The molecule has 3 heterocycles. The van der Waals surface area contributed by atoms with E-state index in [2.05, 4.69) is 29.4 Å². The van der Waals surface area contributed by atoms with Crippen molar-refractivity contribution in [1.29, 1.82) is 0 Å². The maximum absolute atomic E-state index is 12.5. The SMILES string of the molecule is C[C@@H]1C[C@@H](C)CN(C(=O)CSc2nnnn2C2CCOCC2)C1. The molecule has 0 bridgehead atoms. The molecule has 0 N–H and O–H groups in total. The lowest BCUT2D eigenvalue weighted by atomic mass is 9.92. The summed E-state index contributed by atoms with van der Waals surface area (Å²) in [4.78, 5) is 14.5. The smallest absolute Gasteiger partial charge is 0.233 e. The first-order chi connectivity index (χ1) is 11.1. The van der Waals surface area contributed by atoms with Gasteiger partial charge in [0.25, 0.3) is 0 Å². The fraction of sp³-hybridized carbons (Fsp3) is 0.867. The molecule has 7 nitrogen and oxygen atoms in total. The van der Waals surface area contributed by atoms with E-state index in [1.165, 1.54) is 18.2 Å². The van der Waals surface area contributed by atoms with Gasteiger partial charge in [-0.05, 0) is 41.5 Å². The zero-order chi connectivity index (χ0) is 16.2. The molecule has 0 spiro atoms. The van der Waals surface area contributed by atoms with E-state index in [4.69, 9.17) is 4.74 Å². The molecule has 2 aliphatic heterocycles. The Hall–Kier alpha value is -1.15. The van der Waals surface area contributed by atoms with Gasteiger partial charge in [0.1, 0.15) is 0 Å². The third kappa shape index (κ3) is 4.23. The zero-order valence-electron chi connectivity index (χ0n) is 13.8. The van der Waals surface area contributed by atoms with Crippen molar-refractivity contribution in [3.05, 3.63) is 0 Å². The molecule has 1 amide bonds. The summed E-state index contributed by atoms with van der Waals surface area (Å²) in [7, 11) is 0. The highest BCUT2D eigenvalue weighted by Gasteiger charge is 2.26. The minimum Gasteiger partial charge on any atom is -0.381 e. The Labute approximate surface area is 141 Å². The van der Waals surface area contributed by atoms with Crippen molar-refractivity contribution in [2.45, 2.75) is 44.3 Å². The maximum atomic E-state index is 12.5. The summed E-state index contributed by atoms with van der Waals surface area (Å²) in [6, 6.07) is 0.284. The number of likely N-dealkylation sites (tertiary alicyclic amines) is 1. The Morgan fingerprint density at radius 1 is 1.26 bits per heavy atom. The molecule has 0 aliphatic carbocycles. The molecule has 2 fully saturated rings. The minimum absolute atomic E-state index is 0.190. The van der Waals surface area contributed by atoms with Crippen LogP contribution in [0.15, 0.2) is 5.16 Å². The van der Waals surface area contributed by atoms with Gasteiger partial charge in [0.05, 0.1) is 11.8 Å². The van der Waals surface area contributed by atoms with Crippen molar-refractivity contribution in [2.75, 3.05) is 32.1 Å². The second kappa shape index (κ2) is 7.61. The van der Waals surface area contributed by atoms with E-state index in [1.54, 1.807) is 0 Å². The average Bonchev–Trinajstić information content (AvgIpc) is 3.01. The van der Waals surface area contributed by atoms with Gasteiger partial charge in [0.2, 0.25) is 11.1 Å². The number of hydrogen-bond acceptors (Lipinski definition) is 6. The number of aromatic nitrogens is 4. The number of amides is 1. The van der Waals surface area contributed by atoms with Gasteiger partial charge in [-0.2, -0.15) is 0 Å². The second-order valence-electron chi connectivity index (χ2n) is 6.78. The molecule has 23 heavy (non-hydrogen) atoms. The minimum atomic E-state index is 0.190. The first-order valence-electron chi connectivity index (χ1n) is 8.39. The molecule has 2 saturated heterocycles. The molecule has 128 valence electrons. The van der Waals surface area contributed by atoms with E-state index in [0.29, 0.717) is 17.6 Å². The topological polar surface area (TPSA) is 73.1 Å². The lowest BCUT2D eigenvalue weighted by molar-refractivity contribution is -0.130. The van der Waals surface area contributed by atoms with Gasteiger partial charge in [-0.1, -0.05) is 25.6 Å². The summed E-state index contributed by atoms with van der Waals surface area (Å²) < 4.78 is 7.25. The maximum Gasteiger partial charge on any atom is 0.233 e. The Morgan fingerprint density at radius 3 is 2.65 bits per heavy atom. The fourth-order valence-corrected chi connectivity index (χ4v) is 4.37. The van der Waals surface area contributed by atoms with Gasteiger partial charge >= 0.3 is 0 Å². The lowest BCUT2D eigenvalue weighted by Crippen LogP contribution is -2.43. The standard InChI is InChI=1S/C15H25N5O2S/c1-11-7-12(2)9-19(8-11)14(21)10-23-15-16-17-18-20(15)13-3-5-22-6-4-13/h11-13H,3-10H2,1-2H3/t11-,12-/m1/s1. The van der Waals surface area contributed by atoms with E-state index >= 15 is 0 Å². The van der Waals surface area contributed by atoms with E-state index in [1.807, 2.05) is 9.58 Å². The lowest BCUT2D eigenvalue weighted by Gasteiger charge is -2.35. The largest absolute Gasteiger partial charge is 0.381 e. The molecule has 1 aromatic rings. The van der Waals surface area contributed by atoms with Crippen LogP contribution in [0, 0.1) is 11.8 Å². The number of carbonyl (C=O) groups excluding carboxylic acids is 1. The summed E-state index contributed by atoms with van der Waals surface area (Å²) in [6.07, 6.45) is 3.06. The molecule has 0 radical (unpaired) electrons. The van der Waals surface area contributed by atoms with E-state index in [0.717, 1.165) is 44.3 Å². The third-order valence-corrected chi connectivity index (χ3v) is 5.46. The summed E-state index contributed by atoms with van der Waals surface area (Å²) in [5.41, 5.74) is 0. The van der Waals surface area contributed by atoms with Crippen molar-refractivity contribution in [3.63, 3.8) is 0 Å². The number of rotatable bonds is 4. The number of nitrogens with zero attached hydrogens (tertiary/aromatic N) is 5. The van der Waals surface area contributed by atoms with Crippen LogP contribution < -0.4 is 0 Å². The molecule has 0 saturated carbocycles. The van der Waals surface area contributed by atoms with Gasteiger partial charge < -0.3 is 9.64 Å². The van der Waals surface area contributed by atoms with E-state index < -0.39 is 0 Å². The van der Waals surface area contributed by atoms with Crippen LogP contribution in [0.2, 0.25) is 0 Å². The molecule has 8 heteroatoms. The number of carbonyl (C=O) groups is 1. The van der Waals surface area contributed by atoms with Crippen molar-refractivity contribution < 1.29 is 9.53 Å². The molecule has 2 atom stereocenters. The average molecular weight is 339 g/mol. The molecule has 1 aromatic heterocycles. The van der Waals surface area contributed by atoms with Crippen LogP contribution in [0.25, 0.3) is 0 Å². The second-order valence-corrected chi connectivity index (χ2v) is 7.73. The summed E-state index contributed by atoms with van der Waals surface area (Å²) in [6.45, 7) is 7.67. The van der Waals surface area contributed by atoms with Gasteiger partial charge in [-0.25, -0.2) is 4.68 Å². The van der Waals surface area contributed by atoms with Gasteiger partial charge in [0.15, 0.2) is 0 Å². The van der Waals surface area contributed by atoms with Crippen molar-refractivity contribution in [1.82, 2.24) is 25.1 Å². The fourth-order valence-electron chi connectivity index (χ4n) is 3.52. The van der Waals surface area contributed by atoms with Crippen molar-refractivity contribution >= 4 is 17.7 Å². The van der Waals surface area contributed by atoms with Crippen LogP contribution in [0.5, 0.6) is 0 Å². The Balaban J connectivity index is 1.56. The predicted molar refractivity (Wildman–Crippen MR) is 87.2 cm³/mol. The van der Waals surface area contributed by atoms with Crippen molar-refractivity contribution in [2.24, 2.45) is 11.8 Å². The normalized spacial score (nSPS) is 26.4. The number of hydrogen-bond donors (Lipinski definition) is 0. The quantitative estimate of drug-likeness (QED) is 0.776. The number of thioether (sulfide) groups is 1. The molecule has 2 aliphatic rings. The Morgan fingerprint density at radius 2 is 1.96 bits per heavy atom. The first-order valence-corrected chi connectivity index (χ1v) is 9.38. The molecule has 3 rings (SSSR count). The van der Waals surface area contributed by atoms with E-state index in [9.17, 15) is 4.79 Å². The van der Waals surface area contributed by atoms with Crippen LogP contribution in [0.4, 0.5) is 0 Å². The predicted octanol–water partition coefficient (Wildman–Crippen LogP) is 1.62. The van der Waals surface area contributed by atoms with Crippen LogP contribution >= 0.6 is 11.8 Å². The van der Waals surface area contributed by atoms with Crippen molar-refractivity contribution in [3.8, 4) is 0 Å². The van der Waals surface area contributed by atoms with Crippen LogP contribution in [0.1, 0.15) is 39.2 Å². The summed E-state index contributed by atoms with van der Waals surface area (Å²) in [5.74, 6) is 1.76. The number of ether oxygens (including phenoxy) is 1. The third-order valence-electron chi connectivity index (χ3n) is 4.55. The Bertz CT molecular complexity index is 522. The monoisotopic (exact) mass is 339 g/mol. The highest BCUT2D eigenvalue weighted by Crippen LogP contribution is 2.26. The van der Waals surface area contributed by atoms with Crippen LogP contribution in [-0.4, -0.2) is 63.1 Å². The molecular weight excluding hydrogens is 314 g/mol. The summed E-state index contributed by atoms with van der Waals surface area (Å²) in [5, 5.41) is 12.7. The first kappa shape index (κ1) is 16.7. The molecule has 0 unspecified atom stereocenters. The van der Waals surface area contributed by atoms with Gasteiger partial charge in [-0.15, -0.1) is 5.10 Å². The van der Waals surface area contributed by atoms with Crippen LogP contribution in [-0.2, 0) is 9.53 Å². The van der Waals surface area contributed by atoms with E-state index in [-0.39, 0.29) is 11.9 Å². The molecular formula is C15H25N5O2S. The zero-order valence-corrected chi connectivity index (χ0v) is 14.7. The van der Waals surface area contributed by atoms with Crippen LogP contribution in [0.3, 0.4) is 0 Å². The number of piperidine rings is 1. The summed E-state index contributed by atoms with van der Waals surface area (Å²) >= 11 is 1.45. The highest BCUT2D eigenvalue weighted by atomic mass is 32.2. The molecule has 0 aromatic carbocycles. The highest BCUT2D eigenvalue weighted by molar-refractivity contribution is 7.99. The van der Waals surface area contributed by atoms with Gasteiger partial charge in [0, 0.05) is 26.3 Å². The Kier molecular flexibility index (Phi) is 5.53.